The Kier molecular flexibility index (Phi) is 13.5. The summed E-state index contributed by atoms with van der Waals surface area (Å²) in [5, 5.41) is 16.3. The molecule has 5 nitrogen and oxygen atoms in total. The van der Waals surface area contributed by atoms with Crippen molar-refractivity contribution in [2.75, 3.05) is 32.8 Å². The number of hydrogen-bond acceptors (Lipinski definition) is 3. The molecule has 1 heterocycles. The second-order valence-corrected chi connectivity index (χ2v) is 7.57. The third-order valence-corrected chi connectivity index (χ3v) is 5.26. The largest absolute Gasteiger partial charge is 0.396 e. The highest BCUT2D eigenvalue weighted by molar-refractivity contribution is 14.0. The number of likely N-dealkylation sites (tertiary alicyclic amines) is 1. The summed E-state index contributed by atoms with van der Waals surface area (Å²) in [6, 6.07) is 11.2. The van der Waals surface area contributed by atoms with Gasteiger partial charge in [-0.1, -0.05) is 43.7 Å². The van der Waals surface area contributed by atoms with Gasteiger partial charge in [-0.2, -0.15) is 0 Å². The lowest BCUT2D eigenvalue weighted by Gasteiger charge is -2.33. The summed E-state index contributed by atoms with van der Waals surface area (Å²) >= 11 is 0. The Labute approximate surface area is 188 Å². The topological polar surface area (TPSA) is 59.9 Å². The minimum Gasteiger partial charge on any atom is -0.396 e. The molecular weight excluding hydrogens is 463 g/mol. The Hall–Kier alpha value is -0.860. The second-order valence-electron chi connectivity index (χ2n) is 7.57. The molecule has 1 saturated heterocycles. The summed E-state index contributed by atoms with van der Waals surface area (Å²) < 4.78 is 0. The van der Waals surface area contributed by atoms with Crippen molar-refractivity contribution in [2.24, 2.45) is 10.9 Å². The van der Waals surface area contributed by atoms with E-state index in [0.29, 0.717) is 12.0 Å². The maximum absolute atomic E-state index is 9.24. The zero-order valence-corrected chi connectivity index (χ0v) is 19.9. The molecule has 0 bridgehead atoms. The van der Waals surface area contributed by atoms with Crippen molar-refractivity contribution in [3.8, 4) is 0 Å². The lowest BCUT2D eigenvalue weighted by Crippen LogP contribution is -2.48. The van der Waals surface area contributed by atoms with Crippen LogP contribution in [-0.2, 0) is 6.54 Å². The number of nitrogens with one attached hydrogen (secondary N) is 2. The van der Waals surface area contributed by atoms with E-state index in [2.05, 4.69) is 59.7 Å². The van der Waals surface area contributed by atoms with E-state index in [4.69, 9.17) is 4.99 Å². The molecule has 3 N–H and O–H groups in total. The quantitative estimate of drug-likeness (QED) is 0.260. The van der Waals surface area contributed by atoms with E-state index >= 15 is 0 Å². The van der Waals surface area contributed by atoms with Crippen LogP contribution in [0.3, 0.4) is 0 Å². The lowest BCUT2D eigenvalue weighted by atomic mass is 10.0. The van der Waals surface area contributed by atoms with Crippen LogP contribution < -0.4 is 10.6 Å². The number of aliphatic hydroxyl groups excluding tert-OH is 1. The molecule has 1 unspecified atom stereocenters. The van der Waals surface area contributed by atoms with Crippen LogP contribution in [0.1, 0.15) is 51.5 Å². The highest BCUT2D eigenvalue weighted by Gasteiger charge is 2.20. The van der Waals surface area contributed by atoms with Crippen molar-refractivity contribution in [3.05, 3.63) is 35.9 Å². The Morgan fingerprint density at radius 2 is 1.89 bits per heavy atom. The van der Waals surface area contributed by atoms with Gasteiger partial charge in [0.1, 0.15) is 0 Å². The number of aliphatic imine (C=N–C) groups is 1. The minimum atomic E-state index is 0. The number of halogens is 1. The zero-order valence-electron chi connectivity index (χ0n) is 17.6. The molecule has 2 rings (SSSR count). The fraction of sp³-hybridized carbons (Fsp3) is 0.682. The lowest BCUT2D eigenvalue weighted by molar-refractivity contribution is 0.198. The monoisotopic (exact) mass is 502 g/mol. The smallest absolute Gasteiger partial charge is 0.191 e. The van der Waals surface area contributed by atoms with Gasteiger partial charge >= 0.3 is 0 Å². The van der Waals surface area contributed by atoms with E-state index in [1.165, 1.54) is 5.56 Å². The second kappa shape index (κ2) is 15.0. The van der Waals surface area contributed by atoms with Crippen LogP contribution in [0.4, 0.5) is 0 Å². The number of piperidine rings is 1. The summed E-state index contributed by atoms with van der Waals surface area (Å²) in [4.78, 5) is 7.34. The van der Waals surface area contributed by atoms with Crippen LogP contribution in [0.2, 0.25) is 0 Å². The molecule has 1 aromatic rings. The van der Waals surface area contributed by atoms with Gasteiger partial charge in [0, 0.05) is 45.4 Å². The van der Waals surface area contributed by atoms with Gasteiger partial charge in [-0.05, 0) is 44.1 Å². The maximum atomic E-state index is 9.24. The fourth-order valence-electron chi connectivity index (χ4n) is 3.73. The Balaban J connectivity index is 0.00000392. The van der Waals surface area contributed by atoms with Gasteiger partial charge in [0.25, 0.3) is 0 Å². The molecular formula is C22H39IN4O. The van der Waals surface area contributed by atoms with E-state index in [0.717, 1.165) is 70.8 Å². The number of benzene rings is 1. The molecule has 1 aliphatic heterocycles. The molecule has 0 spiro atoms. The van der Waals surface area contributed by atoms with Gasteiger partial charge in [-0.25, -0.2) is 0 Å². The number of hydrogen-bond donors (Lipinski definition) is 3. The van der Waals surface area contributed by atoms with E-state index in [-0.39, 0.29) is 30.6 Å². The van der Waals surface area contributed by atoms with Gasteiger partial charge in [0.05, 0.1) is 0 Å². The first-order valence-electron chi connectivity index (χ1n) is 10.7. The summed E-state index contributed by atoms with van der Waals surface area (Å²) in [6.45, 7) is 9.50. The highest BCUT2D eigenvalue weighted by Crippen LogP contribution is 2.14. The molecule has 28 heavy (non-hydrogen) atoms. The van der Waals surface area contributed by atoms with Crippen molar-refractivity contribution in [1.82, 2.24) is 15.5 Å². The van der Waals surface area contributed by atoms with Crippen LogP contribution in [0.5, 0.6) is 0 Å². The average molecular weight is 502 g/mol. The molecule has 0 aromatic heterocycles. The molecule has 0 saturated carbocycles. The zero-order chi connectivity index (χ0) is 19.3. The summed E-state index contributed by atoms with van der Waals surface area (Å²) in [5.41, 5.74) is 1.39. The number of aliphatic hydroxyl groups is 1. The van der Waals surface area contributed by atoms with E-state index in [1.807, 2.05) is 0 Å². The highest BCUT2D eigenvalue weighted by atomic mass is 127. The molecule has 1 aliphatic rings. The summed E-state index contributed by atoms with van der Waals surface area (Å²) in [6.07, 6.45) is 5.40. The molecule has 1 fully saturated rings. The minimum absolute atomic E-state index is 0. The van der Waals surface area contributed by atoms with E-state index in [9.17, 15) is 5.11 Å². The first-order valence-corrected chi connectivity index (χ1v) is 10.7. The van der Waals surface area contributed by atoms with Crippen molar-refractivity contribution < 1.29 is 5.11 Å². The van der Waals surface area contributed by atoms with Gasteiger partial charge in [0.2, 0.25) is 0 Å². The Morgan fingerprint density at radius 1 is 1.18 bits per heavy atom. The van der Waals surface area contributed by atoms with Crippen molar-refractivity contribution in [3.63, 3.8) is 0 Å². The number of nitrogens with zero attached hydrogens (tertiary/aromatic N) is 2. The third kappa shape index (κ3) is 9.56. The van der Waals surface area contributed by atoms with Gasteiger partial charge in [0.15, 0.2) is 5.96 Å². The normalized spacial score (nSPS) is 17.0. The fourth-order valence-corrected chi connectivity index (χ4v) is 3.73. The van der Waals surface area contributed by atoms with Crippen LogP contribution in [0, 0.1) is 5.92 Å². The van der Waals surface area contributed by atoms with Crippen molar-refractivity contribution in [1.29, 1.82) is 0 Å². The molecule has 0 amide bonds. The molecule has 6 heteroatoms. The average Bonchev–Trinajstić information content (AvgIpc) is 2.69. The molecule has 1 aromatic carbocycles. The molecule has 1 atom stereocenters. The third-order valence-electron chi connectivity index (χ3n) is 5.26. The standard InChI is InChI=1S/C22H38N4O.HI/c1-3-8-19(13-16-27)17-24-22(23-4-2)25-21-11-14-26(15-12-21)18-20-9-6-5-7-10-20;/h5-7,9-10,19,21,27H,3-4,8,11-18H2,1-2H3,(H2,23,24,25);1H. The van der Waals surface area contributed by atoms with E-state index < -0.39 is 0 Å². The number of guanidine groups is 1. The number of rotatable bonds is 10. The first kappa shape index (κ1) is 25.2. The van der Waals surface area contributed by atoms with Gasteiger partial charge in [-0.15, -0.1) is 24.0 Å². The summed E-state index contributed by atoms with van der Waals surface area (Å²) in [5.74, 6) is 1.40. The Bertz CT molecular complexity index is 527. The SMILES string of the molecule is CCCC(CCO)CN=C(NCC)NC1CCN(Cc2ccccc2)CC1.I. The predicted octanol–water partition coefficient (Wildman–Crippen LogP) is 3.62. The molecule has 0 radical (unpaired) electrons. The van der Waals surface area contributed by atoms with Crippen LogP contribution >= 0.6 is 24.0 Å². The maximum Gasteiger partial charge on any atom is 0.191 e. The van der Waals surface area contributed by atoms with Crippen molar-refractivity contribution in [2.45, 2.75) is 58.5 Å². The summed E-state index contributed by atoms with van der Waals surface area (Å²) in [7, 11) is 0. The predicted molar refractivity (Wildman–Crippen MR) is 129 cm³/mol. The van der Waals surface area contributed by atoms with E-state index in [1.54, 1.807) is 0 Å². The van der Waals surface area contributed by atoms with Crippen LogP contribution in [0.15, 0.2) is 35.3 Å². The van der Waals surface area contributed by atoms with Gasteiger partial charge < -0.3 is 15.7 Å². The molecule has 0 aliphatic carbocycles. The Morgan fingerprint density at radius 3 is 2.50 bits per heavy atom. The molecule has 160 valence electrons. The van der Waals surface area contributed by atoms with Crippen LogP contribution in [0.25, 0.3) is 0 Å². The van der Waals surface area contributed by atoms with Gasteiger partial charge in [-0.3, -0.25) is 9.89 Å². The first-order chi connectivity index (χ1) is 13.2. The van der Waals surface area contributed by atoms with Crippen LogP contribution in [-0.4, -0.2) is 54.8 Å². The van der Waals surface area contributed by atoms with Crippen molar-refractivity contribution >= 4 is 29.9 Å².